The lowest BCUT2D eigenvalue weighted by atomic mass is 10.0. The molecule has 1 fully saturated rings. The van der Waals surface area contributed by atoms with Crippen LogP contribution in [-0.2, 0) is 38.7 Å². The van der Waals surface area contributed by atoms with Crippen LogP contribution in [-0.4, -0.2) is 89.8 Å². The summed E-state index contributed by atoms with van der Waals surface area (Å²) in [6, 6.07) is 18.9. The highest BCUT2D eigenvalue weighted by Crippen LogP contribution is 2.25. The molecule has 10 heteroatoms. The molecular formula is C33H39N5O5. The molecule has 10 nitrogen and oxygen atoms in total. The predicted octanol–water partition coefficient (Wildman–Crippen LogP) is 3.01. The van der Waals surface area contributed by atoms with Gasteiger partial charge < -0.3 is 24.6 Å². The molecule has 3 aromatic rings. The first kappa shape index (κ1) is 30.2. The van der Waals surface area contributed by atoms with Crippen molar-refractivity contribution in [2.45, 2.75) is 44.6 Å². The van der Waals surface area contributed by atoms with E-state index in [1.54, 1.807) is 24.3 Å². The van der Waals surface area contributed by atoms with Gasteiger partial charge in [-0.2, -0.15) is 0 Å². The second-order valence-electron chi connectivity index (χ2n) is 11.3. The predicted molar refractivity (Wildman–Crippen MR) is 161 cm³/mol. The summed E-state index contributed by atoms with van der Waals surface area (Å²) in [7, 11) is 3.54. The molecule has 2 aliphatic heterocycles. The van der Waals surface area contributed by atoms with Gasteiger partial charge in [0, 0.05) is 45.5 Å². The molecule has 2 aromatic carbocycles. The third-order valence-corrected chi connectivity index (χ3v) is 7.79. The van der Waals surface area contributed by atoms with Gasteiger partial charge in [0.25, 0.3) is 0 Å². The number of hydrogen-bond donors (Lipinski definition) is 1. The van der Waals surface area contributed by atoms with E-state index in [2.05, 4.69) is 10.3 Å². The molecule has 43 heavy (non-hydrogen) atoms. The van der Waals surface area contributed by atoms with E-state index < -0.39 is 6.04 Å². The number of nitrogens with one attached hydrogen (secondary N) is 1. The van der Waals surface area contributed by atoms with Gasteiger partial charge in [-0.15, -0.1) is 0 Å². The standard InChI is InChI=1S/C33H39N5O5/c1-36(19-25-11-14-34-15-12-25)22-33(41)38-16-13-30-29(20-38)35-31(39)21-37(2)32(40)10-9-24-5-3-7-27(17-24)43-28-8-4-6-26(18-28)23-42-30/h3-8,11-12,14-15,17-18,29-30H,9-10,13,16,19-23H2,1-2H3,(H,35,39)/t29-,30+/m0/s1. The minimum Gasteiger partial charge on any atom is -0.457 e. The fourth-order valence-electron chi connectivity index (χ4n) is 5.48. The van der Waals surface area contributed by atoms with Crippen molar-refractivity contribution in [3.8, 4) is 11.5 Å². The molecule has 226 valence electrons. The molecule has 0 spiro atoms. The third-order valence-electron chi connectivity index (χ3n) is 7.79. The monoisotopic (exact) mass is 585 g/mol. The largest absolute Gasteiger partial charge is 0.457 e. The molecule has 0 saturated carbocycles. The van der Waals surface area contributed by atoms with E-state index in [0.717, 1.165) is 16.7 Å². The van der Waals surface area contributed by atoms with E-state index in [0.29, 0.717) is 50.6 Å². The summed E-state index contributed by atoms with van der Waals surface area (Å²) in [5.41, 5.74) is 3.00. The summed E-state index contributed by atoms with van der Waals surface area (Å²) >= 11 is 0. The van der Waals surface area contributed by atoms with E-state index in [-0.39, 0.29) is 43.3 Å². The van der Waals surface area contributed by atoms with Crippen molar-refractivity contribution in [3.05, 3.63) is 89.7 Å². The average Bonchev–Trinajstić information content (AvgIpc) is 2.99. The number of aryl methyl sites for hydroxylation is 1. The van der Waals surface area contributed by atoms with E-state index in [4.69, 9.17) is 9.47 Å². The number of pyridine rings is 1. The maximum Gasteiger partial charge on any atom is 0.239 e. The fourth-order valence-corrected chi connectivity index (χ4v) is 5.48. The minimum atomic E-state index is -0.419. The summed E-state index contributed by atoms with van der Waals surface area (Å²) in [5.74, 6) is 0.971. The highest BCUT2D eigenvalue weighted by molar-refractivity contribution is 5.85. The summed E-state index contributed by atoms with van der Waals surface area (Å²) in [4.78, 5) is 48.5. The molecule has 2 aliphatic rings. The van der Waals surface area contributed by atoms with Crippen LogP contribution in [0.4, 0.5) is 0 Å². The number of benzene rings is 2. The molecule has 4 bridgehead atoms. The van der Waals surface area contributed by atoms with E-state index in [1.807, 2.05) is 72.6 Å². The number of piperidine rings is 1. The number of ether oxygens (including phenoxy) is 2. The van der Waals surface area contributed by atoms with Crippen LogP contribution in [0.5, 0.6) is 11.5 Å². The topological polar surface area (TPSA) is 104 Å². The quantitative estimate of drug-likeness (QED) is 0.502. The van der Waals surface area contributed by atoms with Crippen molar-refractivity contribution >= 4 is 17.7 Å². The summed E-state index contributed by atoms with van der Waals surface area (Å²) in [6.07, 6.45) is 4.56. The number of fused-ring (bicyclic) bond motifs is 5. The zero-order chi connectivity index (χ0) is 30.2. The van der Waals surface area contributed by atoms with E-state index in [9.17, 15) is 14.4 Å². The van der Waals surface area contributed by atoms with Crippen molar-refractivity contribution in [2.24, 2.45) is 0 Å². The Kier molecular flexibility index (Phi) is 10.0. The van der Waals surface area contributed by atoms with Crippen LogP contribution in [0, 0.1) is 0 Å². The van der Waals surface area contributed by atoms with Crippen LogP contribution in [0.25, 0.3) is 0 Å². The molecule has 1 aromatic heterocycles. The third kappa shape index (κ3) is 8.62. The Morgan fingerprint density at radius 1 is 1.02 bits per heavy atom. The van der Waals surface area contributed by atoms with Gasteiger partial charge in [-0.05, 0) is 73.0 Å². The van der Waals surface area contributed by atoms with Crippen LogP contribution in [0.2, 0.25) is 0 Å². The van der Waals surface area contributed by atoms with Gasteiger partial charge in [0.1, 0.15) is 11.5 Å². The van der Waals surface area contributed by atoms with Crippen molar-refractivity contribution < 1.29 is 23.9 Å². The number of likely N-dealkylation sites (N-methyl/N-ethyl adjacent to an activating group) is 2. The molecule has 5 rings (SSSR count). The number of nitrogens with zero attached hydrogens (tertiary/aromatic N) is 4. The number of hydrogen-bond acceptors (Lipinski definition) is 7. The number of carbonyl (C=O) groups excluding carboxylic acids is 3. The molecule has 0 radical (unpaired) electrons. The first-order valence-electron chi connectivity index (χ1n) is 14.7. The number of amides is 3. The summed E-state index contributed by atoms with van der Waals surface area (Å²) < 4.78 is 12.5. The molecule has 1 N–H and O–H groups in total. The number of rotatable bonds is 4. The number of carbonyl (C=O) groups is 3. The Hall–Kier alpha value is -4.28. The van der Waals surface area contributed by atoms with Crippen molar-refractivity contribution in [1.82, 2.24) is 25.0 Å². The number of aromatic nitrogens is 1. The SMILES string of the molecule is CN(CC(=O)N1CC[C@H]2OCc3cccc(c3)Oc3cccc(c3)CCC(=O)N(C)CC(=O)N[C@H]2C1)Cc1ccncc1. The van der Waals surface area contributed by atoms with Crippen molar-refractivity contribution in [3.63, 3.8) is 0 Å². The minimum absolute atomic E-state index is 0.0101. The second-order valence-corrected chi connectivity index (χ2v) is 11.3. The molecule has 1 saturated heterocycles. The van der Waals surface area contributed by atoms with Crippen molar-refractivity contribution in [2.75, 3.05) is 40.3 Å². The smallest absolute Gasteiger partial charge is 0.239 e. The zero-order valence-corrected chi connectivity index (χ0v) is 24.8. The molecule has 2 atom stereocenters. The Labute approximate surface area is 252 Å². The van der Waals surface area contributed by atoms with Gasteiger partial charge >= 0.3 is 0 Å². The van der Waals surface area contributed by atoms with Crippen LogP contribution < -0.4 is 10.1 Å². The summed E-state index contributed by atoms with van der Waals surface area (Å²) in [6.45, 7) is 1.98. The van der Waals surface area contributed by atoms with Crippen LogP contribution in [0.15, 0.2) is 73.1 Å². The maximum atomic E-state index is 13.3. The first-order valence-corrected chi connectivity index (χ1v) is 14.7. The average molecular weight is 586 g/mol. The first-order chi connectivity index (χ1) is 20.8. The summed E-state index contributed by atoms with van der Waals surface area (Å²) in [5, 5.41) is 3.07. The molecule has 0 aliphatic carbocycles. The Bertz CT molecular complexity index is 1420. The maximum absolute atomic E-state index is 13.3. The zero-order valence-electron chi connectivity index (χ0n) is 24.8. The van der Waals surface area contributed by atoms with Crippen LogP contribution in [0.1, 0.15) is 29.5 Å². The Morgan fingerprint density at radius 2 is 1.74 bits per heavy atom. The lowest BCUT2D eigenvalue weighted by Crippen LogP contribution is -2.59. The van der Waals surface area contributed by atoms with Gasteiger partial charge in [0.05, 0.1) is 31.8 Å². The lowest BCUT2D eigenvalue weighted by Gasteiger charge is -2.39. The Morgan fingerprint density at radius 3 is 2.51 bits per heavy atom. The molecular weight excluding hydrogens is 546 g/mol. The van der Waals surface area contributed by atoms with E-state index >= 15 is 0 Å². The molecule has 0 unspecified atom stereocenters. The lowest BCUT2D eigenvalue weighted by molar-refractivity contribution is -0.139. The van der Waals surface area contributed by atoms with Gasteiger partial charge in [0.15, 0.2) is 0 Å². The van der Waals surface area contributed by atoms with Crippen LogP contribution in [0.3, 0.4) is 0 Å². The van der Waals surface area contributed by atoms with E-state index in [1.165, 1.54) is 4.90 Å². The van der Waals surface area contributed by atoms with Gasteiger partial charge in [-0.3, -0.25) is 24.3 Å². The second kappa shape index (κ2) is 14.3. The van der Waals surface area contributed by atoms with Gasteiger partial charge in [-0.25, -0.2) is 0 Å². The Balaban J connectivity index is 1.29. The normalized spacial score (nSPS) is 20.0. The van der Waals surface area contributed by atoms with Gasteiger partial charge in [0.2, 0.25) is 17.7 Å². The fraction of sp³-hybridized carbons (Fsp3) is 0.394. The highest BCUT2D eigenvalue weighted by atomic mass is 16.5. The molecule has 3 heterocycles. The molecule has 3 amide bonds. The number of likely N-dealkylation sites (tertiary alicyclic amines) is 1. The van der Waals surface area contributed by atoms with Crippen LogP contribution >= 0.6 is 0 Å². The van der Waals surface area contributed by atoms with Crippen molar-refractivity contribution in [1.29, 1.82) is 0 Å². The highest BCUT2D eigenvalue weighted by Gasteiger charge is 2.34. The van der Waals surface area contributed by atoms with Gasteiger partial charge in [-0.1, -0.05) is 24.3 Å².